The summed E-state index contributed by atoms with van der Waals surface area (Å²) in [6.45, 7) is 7.68. The molecular weight excluding hydrogens is 681 g/mol. The molecule has 3 aromatic carbocycles. The number of amides is 3. The molecule has 0 fully saturated rings. The van der Waals surface area contributed by atoms with E-state index in [1.807, 2.05) is 39.1 Å². The van der Waals surface area contributed by atoms with Gasteiger partial charge >= 0.3 is 12.2 Å². The van der Waals surface area contributed by atoms with Crippen molar-refractivity contribution in [2.24, 2.45) is 5.92 Å². The smallest absolute Gasteiger partial charge is 0.416 e. The molecule has 0 aromatic heterocycles. The highest BCUT2D eigenvalue weighted by Crippen LogP contribution is 2.34. The molecule has 0 saturated carbocycles. The first kappa shape index (κ1) is 38.7. The number of carbonyl (C=O) groups is 2. The van der Waals surface area contributed by atoms with E-state index in [1.165, 1.54) is 6.07 Å². The van der Waals surface area contributed by atoms with Gasteiger partial charge in [0, 0.05) is 43.5 Å². The van der Waals surface area contributed by atoms with Crippen LogP contribution in [0.1, 0.15) is 61.5 Å². The molecule has 3 amide bonds. The van der Waals surface area contributed by atoms with Crippen molar-refractivity contribution in [3.63, 3.8) is 0 Å². The number of likely N-dealkylation sites (N-methyl/N-ethyl adjacent to an activating group) is 1. The number of hydrogen-bond acceptors (Lipinski definition) is 8. The molecule has 3 N–H and O–H groups in total. The zero-order valence-corrected chi connectivity index (χ0v) is 29.9. The standard InChI is InChI=1S/C38H47F3N4O7/c1-24-19-45(25(2)22-46)36(47)31-18-30(43-37(48)42-29-11-9-28(10-12-29)38(39,40)41)13-15-32(31)52-26(3)7-5-6-16-49-35(24)21-44(4)20-27-8-14-33-34(17-27)51-23-50-33/h8-15,17-18,24-26,35,46H,5-7,16,19-23H2,1-4H3,(H2,42,43,48)/t24-,25+,26-,35-/m0/s1. The van der Waals surface area contributed by atoms with Crippen LogP contribution in [0.2, 0.25) is 0 Å². The van der Waals surface area contributed by atoms with Gasteiger partial charge in [0.2, 0.25) is 6.79 Å². The van der Waals surface area contributed by atoms with Crippen LogP contribution in [0.15, 0.2) is 60.7 Å². The highest BCUT2D eigenvalue weighted by molar-refractivity contribution is 6.02. The third-order valence-electron chi connectivity index (χ3n) is 9.16. The lowest BCUT2D eigenvalue weighted by Crippen LogP contribution is -2.47. The molecule has 4 atom stereocenters. The minimum atomic E-state index is -4.50. The number of hydrogen-bond donors (Lipinski definition) is 3. The van der Waals surface area contributed by atoms with Crippen molar-refractivity contribution in [2.75, 3.05) is 50.8 Å². The first-order valence-corrected chi connectivity index (χ1v) is 17.5. The van der Waals surface area contributed by atoms with Gasteiger partial charge in [-0.15, -0.1) is 0 Å². The number of alkyl halides is 3. The summed E-state index contributed by atoms with van der Waals surface area (Å²) in [5, 5.41) is 15.4. The van der Waals surface area contributed by atoms with Gasteiger partial charge in [0.15, 0.2) is 11.5 Å². The van der Waals surface area contributed by atoms with Crippen molar-refractivity contribution in [1.82, 2.24) is 9.80 Å². The van der Waals surface area contributed by atoms with Gasteiger partial charge in [-0.2, -0.15) is 13.2 Å². The number of carbonyl (C=O) groups excluding carboxylic acids is 2. The Labute approximate surface area is 302 Å². The summed E-state index contributed by atoms with van der Waals surface area (Å²) in [7, 11) is 2.02. The molecule has 52 heavy (non-hydrogen) atoms. The van der Waals surface area contributed by atoms with Gasteiger partial charge in [0.05, 0.1) is 36.0 Å². The summed E-state index contributed by atoms with van der Waals surface area (Å²) in [6.07, 6.45) is -2.59. The second-order valence-electron chi connectivity index (χ2n) is 13.5. The van der Waals surface area contributed by atoms with E-state index in [0.29, 0.717) is 31.9 Å². The number of aliphatic hydroxyl groups is 1. The molecule has 3 aromatic rings. The topological polar surface area (TPSA) is 122 Å². The van der Waals surface area contributed by atoms with Crippen molar-refractivity contribution in [2.45, 2.75) is 71.0 Å². The molecule has 0 aliphatic carbocycles. The molecule has 2 heterocycles. The van der Waals surface area contributed by atoms with Gasteiger partial charge < -0.3 is 39.6 Å². The number of anilines is 2. The van der Waals surface area contributed by atoms with Crippen LogP contribution >= 0.6 is 0 Å². The van der Waals surface area contributed by atoms with Crippen molar-refractivity contribution < 1.29 is 46.8 Å². The van der Waals surface area contributed by atoms with E-state index < -0.39 is 29.7 Å². The third-order valence-corrected chi connectivity index (χ3v) is 9.16. The molecule has 282 valence electrons. The van der Waals surface area contributed by atoms with E-state index in [2.05, 4.69) is 15.5 Å². The zero-order valence-electron chi connectivity index (χ0n) is 29.9. The van der Waals surface area contributed by atoms with Gasteiger partial charge in [-0.3, -0.25) is 9.69 Å². The van der Waals surface area contributed by atoms with Crippen LogP contribution in [0.25, 0.3) is 0 Å². The van der Waals surface area contributed by atoms with Crippen LogP contribution in [0, 0.1) is 5.92 Å². The van der Waals surface area contributed by atoms with Gasteiger partial charge in [-0.05, 0) is 100 Å². The fourth-order valence-electron chi connectivity index (χ4n) is 6.22. The number of nitrogens with one attached hydrogen (secondary N) is 2. The van der Waals surface area contributed by atoms with Crippen molar-refractivity contribution in [3.8, 4) is 17.2 Å². The molecular formula is C38H47F3N4O7. The molecule has 5 rings (SSSR count). The Morgan fingerprint density at radius 2 is 1.67 bits per heavy atom. The van der Waals surface area contributed by atoms with E-state index in [-0.39, 0.29) is 55.0 Å². The highest BCUT2D eigenvalue weighted by atomic mass is 19.4. The second kappa shape index (κ2) is 17.3. The summed E-state index contributed by atoms with van der Waals surface area (Å²) >= 11 is 0. The van der Waals surface area contributed by atoms with Gasteiger partial charge in [-0.25, -0.2) is 4.79 Å². The molecule has 2 aliphatic rings. The number of fused-ring (bicyclic) bond motifs is 2. The van der Waals surface area contributed by atoms with Crippen molar-refractivity contribution in [1.29, 1.82) is 0 Å². The number of ether oxygens (including phenoxy) is 4. The van der Waals surface area contributed by atoms with Crippen LogP contribution in [0.4, 0.5) is 29.3 Å². The summed E-state index contributed by atoms with van der Waals surface area (Å²) in [6, 6.07) is 13.4. The Bertz CT molecular complexity index is 1670. The second-order valence-corrected chi connectivity index (χ2v) is 13.5. The Kier molecular flexibility index (Phi) is 12.9. The van der Waals surface area contributed by atoms with Crippen molar-refractivity contribution >= 4 is 23.3 Å². The maximum absolute atomic E-state index is 14.4. The largest absolute Gasteiger partial charge is 0.490 e. The summed E-state index contributed by atoms with van der Waals surface area (Å²) in [5.41, 5.74) is 0.854. The van der Waals surface area contributed by atoms with Gasteiger partial charge in [0.1, 0.15) is 5.75 Å². The van der Waals surface area contributed by atoms with E-state index in [4.69, 9.17) is 18.9 Å². The normalized spacial score (nSPS) is 20.4. The monoisotopic (exact) mass is 728 g/mol. The lowest BCUT2D eigenvalue weighted by Gasteiger charge is -2.36. The van der Waals surface area contributed by atoms with Gasteiger partial charge in [-0.1, -0.05) is 13.0 Å². The maximum Gasteiger partial charge on any atom is 0.416 e. The minimum absolute atomic E-state index is 0.140. The predicted molar refractivity (Wildman–Crippen MR) is 190 cm³/mol. The average molecular weight is 729 g/mol. The summed E-state index contributed by atoms with van der Waals surface area (Å²) in [4.78, 5) is 31.0. The Balaban J connectivity index is 1.34. The van der Waals surface area contributed by atoms with E-state index in [9.17, 15) is 27.9 Å². The third kappa shape index (κ3) is 10.3. The van der Waals surface area contributed by atoms with E-state index >= 15 is 0 Å². The molecule has 0 bridgehead atoms. The SMILES string of the molecule is C[C@H](CO)N1C[C@H](C)[C@H](CN(C)Cc2ccc3c(c2)OCO3)OCCCC[C@H](C)Oc2ccc(NC(=O)Nc3ccc(C(F)(F)F)cc3)cc2C1=O. The van der Waals surface area contributed by atoms with E-state index in [0.717, 1.165) is 54.2 Å². The number of aliphatic hydroxyl groups excluding tert-OH is 1. The zero-order chi connectivity index (χ0) is 37.4. The van der Waals surface area contributed by atoms with Crippen LogP contribution in [0.3, 0.4) is 0 Å². The van der Waals surface area contributed by atoms with Crippen LogP contribution < -0.4 is 24.8 Å². The van der Waals surface area contributed by atoms with Crippen molar-refractivity contribution in [3.05, 3.63) is 77.4 Å². The minimum Gasteiger partial charge on any atom is -0.490 e. The number of halogens is 3. The van der Waals surface area contributed by atoms with E-state index in [1.54, 1.807) is 24.0 Å². The predicted octanol–water partition coefficient (Wildman–Crippen LogP) is 7.01. The molecule has 0 saturated heterocycles. The number of urea groups is 1. The summed E-state index contributed by atoms with van der Waals surface area (Å²) < 4.78 is 62.7. The first-order chi connectivity index (χ1) is 24.8. The molecule has 11 nitrogen and oxygen atoms in total. The van der Waals surface area contributed by atoms with Crippen LogP contribution in [0.5, 0.6) is 17.2 Å². The molecule has 2 aliphatic heterocycles. The average Bonchev–Trinajstić information content (AvgIpc) is 3.57. The quantitative estimate of drug-likeness (QED) is 0.227. The Hall–Kier alpha value is -4.53. The Morgan fingerprint density at radius 1 is 0.981 bits per heavy atom. The molecule has 0 radical (unpaired) electrons. The molecule has 0 spiro atoms. The number of benzene rings is 3. The fraction of sp³-hybridized carbons (Fsp3) is 0.474. The number of rotatable bonds is 8. The highest BCUT2D eigenvalue weighted by Gasteiger charge is 2.32. The van der Waals surface area contributed by atoms with Crippen LogP contribution in [-0.2, 0) is 17.5 Å². The van der Waals surface area contributed by atoms with Gasteiger partial charge in [0.25, 0.3) is 5.91 Å². The lowest BCUT2D eigenvalue weighted by molar-refractivity contribution is -0.137. The molecule has 14 heteroatoms. The van der Waals surface area contributed by atoms with Crippen LogP contribution in [-0.4, -0.2) is 85.2 Å². The summed E-state index contributed by atoms with van der Waals surface area (Å²) in [5.74, 6) is 1.24. The maximum atomic E-state index is 14.4. The fourth-order valence-corrected chi connectivity index (χ4v) is 6.22. The first-order valence-electron chi connectivity index (χ1n) is 17.5. The lowest BCUT2D eigenvalue weighted by atomic mass is 10.0. The number of nitrogens with zero attached hydrogens (tertiary/aromatic N) is 2. The molecule has 0 unspecified atom stereocenters. The Morgan fingerprint density at radius 3 is 2.40 bits per heavy atom.